The normalized spacial score (nSPS) is 20.1. The topological polar surface area (TPSA) is 28.2 Å². The molecule has 2 rings (SSSR count). The number of rotatable bonds is 5. The molecule has 4 heteroatoms. The summed E-state index contributed by atoms with van der Waals surface area (Å²) in [7, 11) is 0. The maximum absolute atomic E-state index is 4.26. The van der Waals surface area contributed by atoms with Gasteiger partial charge in [0.1, 0.15) is 0 Å². The third-order valence-electron chi connectivity index (χ3n) is 3.38. The summed E-state index contributed by atoms with van der Waals surface area (Å²) in [6, 6.07) is 2.16. The summed E-state index contributed by atoms with van der Waals surface area (Å²) in [5, 5.41) is 4.17. The van der Waals surface area contributed by atoms with E-state index >= 15 is 0 Å². The summed E-state index contributed by atoms with van der Waals surface area (Å²) in [6.07, 6.45) is 5.17. The fourth-order valence-corrected chi connectivity index (χ4v) is 3.49. The average molecular weight is 265 g/mol. The first-order valence-electron chi connectivity index (χ1n) is 6.85. The minimum atomic E-state index is 0.777. The minimum absolute atomic E-state index is 0.777. The van der Waals surface area contributed by atoms with Gasteiger partial charge in [-0.3, -0.25) is 4.98 Å². The van der Waals surface area contributed by atoms with Crippen LogP contribution in [0.15, 0.2) is 18.5 Å². The summed E-state index contributed by atoms with van der Waals surface area (Å²) in [4.78, 5) is 6.79. The van der Waals surface area contributed by atoms with Crippen LogP contribution in [0.5, 0.6) is 0 Å². The van der Waals surface area contributed by atoms with Gasteiger partial charge in [0.15, 0.2) is 0 Å². The zero-order valence-corrected chi connectivity index (χ0v) is 12.2. The molecule has 1 saturated heterocycles. The third-order valence-corrected chi connectivity index (χ3v) is 4.75. The molecule has 2 heterocycles. The van der Waals surface area contributed by atoms with E-state index in [2.05, 4.69) is 46.9 Å². The highest BCUT2D eigenvalue weighted by atomic mass is 32.2. The molecular weight excluding hydrogens is 242 g/mol. The molecule has 0 bridgehead atoms. The van der Waals surface area contributed by atoms with Gasteiger partial charge in [-0.25, -0.2) is 0 Å². The Kier molecular flexibility index (Phi) is 5.32. The number of nitrogens with one attached hydrogen (secondary N) is 1. The van der Waals surface area contributed by atoms with Crippen molar-refractivity contribution in [3.05, 3.63) is 24.0 Å². The Bertz CT molecular complexity index is 370. The maximum Gasteiger partial charge on any atom is 0.0443 e. The van der Waals surface area contributed by atoms with Crippen LogP contribution in [0, 0.1) is 0 Å². The molecule has 1 aliphatic heterocycles. The van der Waals surface area contributed by atoms with Gasteiger partial charge in [-0.05, 0) is 19.0 Å². The van der Waals surface area contributed by atoms with Crippen LogP contribution in [-0.2, 0) is 6.54 Å². The summed E-state index contributed by atoms with van der Waals surface area (Å²) in [5.74, 6) is 1.24. The Balaban J connectivity index is 2.11. The molecule has 18 heavy (non-hydrogen) atoms. The van der Waals surface area contributed by atoms with E-state index in [1.165, 1.54) is 30.0 Å². The quantitative estimate of drug-likeness (QED) is 0.885. The molecule has 1 unspecified atom stereocenters. The number of hydrogen-bond donors (Lipinski definition) is 1. The molecule has 0 spiro atoms. The van der Waals surface area contributed by atoms with E-state index in [1.54, 1.807) is 0 Å². The number of hydrogen-bond acceptors (Lipinski definition) is 4. The number of aromatic nitrogens is 1. The molecule has 3 nitrogen and oxygen atoms in total. The number of nitrogens with zero attached hydrogens (tertiary/aromatic N) is 2. The maximum atomic E-state index is 4.26. The molecule has 0 aliphatic carbocycles. The van der Waals surface area contributed by atoms with Crippen molar-refractivity contribution in [2.24, 2.45) is 0 Å². The molecule has 1 aromatic heterocycles. The van der Waals surface area contributed by atoms with Gasteiger partial charge in [0.25, 0.3) is 0 Å². The fourth-order valence-electron chi connectivity index (χ4n) is 2.31. The zero-order valence-electron chi connectivity index (χ0n) is 11.4. The number of anilines is 1. The van der Waals surface area contributed by atoms with E-state index in [9.17, 15) is 0 Å². The van der Waals surface area contributed by atoms with Gasteiger partial charge >= 0.3 is 0 Å². The lowest BCUT2D eigenvalue weighted by Gasteiger charge is -2.34. The second-order valence-corrected chi connectivity index (χ2v) is 6.04. The standard InChI is InChI=1S/C14H23N3S/c1-3-13-11-17(7-8-18-13)14-5-6-16-10-12(14)9-15-4-2/h5-6,10,13,15H,3-4,7-9,11H2,1-2H3. The first kappa shape index (κ1) is 13.7. The molecule has 1 aromatic rings. The predicted molar refractivity (Wildman–Crippen MR) is 80.4 cm³/mol. The second-order valence-electron chi connectivity index (χ2n) is 4.63. The van der Waals surface area contributed by atoms with E-state index in [0.29, 0.717) is 0 Å². The lowest BCUT2D eigenvalue weighted by atomic mass is 10.2. The Morgan fingerprint density at radius 2 is 2.39 bits per heavy atom. The van der Waals surface area contributed by atoms with E-state index in [-0.39, 0.29) is 0 Å². The van der Waals surface area contributed by atoms with Crippen LogP contribution in [0.1, 0.15) is 25.8 Å². The van der Waals surface area contributed by atoms with Crippen LogP contribution in [-0.4, -0.2) is 35.6 Å². The predicted octanol–water partition coefficient (Wildman–Crippen LogP) is 2.52. The van der Waals surface area contributed by atoms with Crippen molar-refractivity contribution in [1.29, 1.82) is 0 Å². The largest absolute Gasteiger partial charge is 0.369 e. The molecular formula is C14H23N3S. The van der Waals surface area contributed by atoms with Crippen molar-refractivity contribution in [1.82, 2.24) is 10.3 Å². The first-order chi connectivity index (χ1) is 8.85. The van der Waals surface area contributed by atoms with Crippen molar-refractivity contribution in [2.75, 3.05) is 30.3 Å². The summed E-state index contributed by atoms with van der Waals surface area (Å²) < 4.78 is 0. The number of pyridine rings is 1. The lowest BCUT2D eigenvalue weighted by Crippen LogP contribution is -2.38. The van der Waals surface area contributed by atoms with Crippen molar-refractivity contribution in [3.8, 4) is 0 Å². The van der Waals surface area contributed by atoms with Gasteiger partial charge in [-0.1, -0.05) is 13.8 Å². The van der Waals surface area contributed by atoms with Crippen LogP contribution in [0.3, 0.4) is 0 Å². The van der Waals surface area contributed by atoms with Crippen LogP contribution >= 0.6 is 11.8 Å². The van der Waals surface area contributed by atoms with Gasteiger partial charge in [0, 0.05) is 54.3 Å². The highest BCUT2D eigenvalue weighted by Crippen LogP contribution is 2.27. The lowest BCUT2D eigenvalue weighted by molar-refractivity contribution is 0.700. The molecule has 0 saturated carbocycles. The fraction of sp³-hybridized carbons (Fsp3) is 0.643. The van der Waals surface area contributed by atoms with Gasteiger partial charge < -0.3 is 10.2 Å². The second kappa shape index (κ2) is 7.00. The van der Waals surface area contributed by atoms with E-state index < -0.39 is 0 Å². The molecule has 0 amide bonds. The van der Waals surface area contributed by atoms with Gasteiger partial charge in [0.2, 0.25) is 0 Å². The van der Waals surface area contributed by atoms with Gasteiger partial charge in [-0.15, -0.1) is 0 Å². The summed E-state index contributed by atoms with van der Waals surface area (Å²) in [6.45, 7) is 8.67. The molecule has 1 atom stereocenters. The summed E-state index contributed by atoms with van der Waals surface area (Å²) in [5.41, 5.74) is 2.69. The van der Waals surface area contributed by atoms with Gasteiger partial charge in [0.05, 0.1) is 0 Å². The Morgan fingerprint density at radius 1 is 1.50 bits per heavy atom. The zero-order chi connectivity index (χ0) is 12.8. The SMILES string of the molecule is CCNCc1cnccc1N1CCSC(CC)C1. The minimum Gasteiger partial charge on any atom is -0.369 e. The monoisotopic (exact) mass is 265 g/mol. The first-order valence-corrected chi connectivity index (χ1v) is 7.90. The van der Waals surface area contributed by atoms with Crippen molar-refractivity contribution in [2.45, 2.75) is 32.1 Å². The Hall–Kier alpha value is -0.740. The molecule has 1 fully saturated rings. The van der Waals surface area contributed by atoms with Crippen LogP contribution < -0.4 is 10.2 Å². The highest BCUT2D eigenvalue weighted by molar-refractivity contribution is 8.00. The molecule has 0 aromatic carbocycles. The van der Waals surface area contributed by atoms with E-state index in [4.69, 9.17) is 0 Å². The van der Waals surface area contributed by atoms with Crippen LogP contribution in [0.4, 0.5) is 5.69 Å². The van der Waals surface area contributed by atoms with Crippen molar-refractivity contribution in [3.63, 3.8) is 0 Å². The molecule has 100 valence electrons. The smallest absolute Gasteiger partial charge is 0.0443 e. The Morgan fingerprint density at radius 3 is 3.17 bits per heavy atom. The molecule has 1 aliphatic rings. The average Bonchev–Trinajstić information content (AvgIpc) is 2.45. The number of thioether (sulfide) groups is 1. The van der Waals surface area contributed by atoms with Crippen LogP contribution in [0.2, 0.25) is 0 Å². The molecule has 0 radical (unpaired) electrons. The molecule has 1 N–H and O–H groups in total. The van der Waals surface area contributed by atoms with Gasteiger partial charge in [-0.2, -0.15) is 11.8 Å². The third kappa shape index (κ3) is 3.39. The highest BCUT2D eigenvalue weighted by Gasteiger charge is 2.20. The Labute approximate surface area is 114 Å². The van der Waals surface area contributed by atoms with Crippen LogP contribution in [0.25, 0.3) is 0 Å². The van der Waals surface area contributed by atoms with Crippen molar-refractivity contribution >= 4 is 17.4 Å². The van der Waals surface area contributed by atoms with Crippen molar-refractivity contribution < 1.29 is 0 Å². The van der Waals surface area contributed by atoms with E-state index in [0.717, 1.165) is 24.9 Å². The summed E-state index contributed by atoms with van der Waals surface area (Å²) >= 11 is 2.11. The van der Waals surface area contributed by atoms with E-state index in [1.807, 2.05) is 12.4 Å².